The number of carbonyl (C=O) groups excluding carboxylic acids is 3. The van der Waals surface area contributed by atoms with Crippen molar-refractivity contribution in [3.63, 3.8) is 0 Å². The number of rotatable bonds is 3. The van der Waals surface area contributed by atoms with E-state index in [1.807, 2.05) is 0 Å². The number of carboxylic acids is 3. The summed E-state index contributed by atoms with van der Waals surface area (Å²) in [5.74, 6) is -3.69. The zero-order chi connectivity index (χ0) is 12.9. The van der Waals surface area contributed by atoms with Crippen LogP contribution in [0.3, 0.4) is 0 Å². The maximum Gasteiger partial charge on any atom is 3.00 e. The molecule has 0 N–H and O–H groups in total. The summed E-state index contributed by atoms with van der Waals surface area (Å²) < 4.78 is 0. The molecule has 0 unspecified atom stereocenters. The van der Waals surface area contributed by atoms with Gasteiger partial charge >= 0.3 is 11.0 Å². The van der Waals surface area contributed by atoms with Crippen LogP contribution in [0.1, 0.15) is 0 Å². The van der Waals surface area contributed by atoms with Crippen LogP contribution in [0, 0.1) is 0 Å². The Bertz CT molecular complexity index is 216. The van der Waals surface area contributed by atoms with E-state index >= 15 is 0 Å². The Kier molecular flexibility index (Phi) is 27.4. The molecular weight excluding hydrogens is 232 g/mol. The standard InChI is InChI=1S/3C3H4O2.Si/c3*1-2-3(4)5;/h3*2H,1H2,(H,4,5);/q;;;+3/p-3. The predicted molar refractivity (Wildman–Crippen MR) is 51.4 cm³/mol. The van der Waals surface area contributed by atoms with E-state index in [0.717, 1.165) is 18.2 Å². The fourth-order valence-corrected chi connectivity index (χ4v) is 0. The Morgan fingerprint density at radius 2 is 0.750 bits per heavy atom. The van der Waals surface area contributed by atoms with Crippen LogP contribution in [0.2, 0.25) is 0 Å². The summed E-state index contributed by atoms with van der Waals surface area (Å²) in [7, 11) is 0. The molecular formula is C9H9O6Si. The number of hydrogen-bond donors (Lipinski definition) is 0. The van der Waals surface area contributed by atoms with Crippen molar-refractivity contribution in [3.8, 4) is 0 Å². The van der Waals surface area contributed by atoms with E-state index in [2.05, 4.69) is 19.7 Å². The van der Waals surface area contributed by atoms with Crippen molar-refractivity contribution >= 4 is 28.9 Å². The van der Waals surface area contributed by atoms with Gasteiger partial charge in [-0.3, -0.25) is 0 Å². The van der Waals surface area contributed by atoms with Gasteiger partial charge in [-0.15, -0.1) is 0 Å². The molecule has 0 aromatic carbocycles. The van der Waals surface area contributed by atoms with Crippen molar-refractivity contribution in [1.82, 2.24) is 0 Å². The Morgan fingerprint density at radius 3 is 0.750 bits per heavy atom. The second-order valence-electron chi connectivity index (χ2n) is 1.57. The predicted octanol–water partition coefficient (Wildman–Crippen LogP) is -3.61. The van der Waals surface area contributed by atoms with Gasteiger partial charge in [0.2, 0.25) is 0 Å². The van der Waals surface area contributed by atoms with Gasteiger partial charge in [0, 0.05) is 0 Å². The van der Waals surface area contributed by atoms with E-state index in [1.54, 1.807) is 0 Å². The summed E-state index contributed by atoms with van der Waals surface area (Å²) in [6.45, 7) is 8.69. The van der Waals surface area contributed by atoms with Crippen molar-refractivity contribution in [2.24, 2.45) is 0 Å². The van der Waals surface area contributed by atoms with Crippen LogP contribution in [0.25, 0.3) is 0 Å². The molecule has 85 valence electrons. The monoisotopic (exact) mass is 241 g/mol. The van der Waals surface area contributed by atoms with Gasteiger partial charge in [-0.1, -0.05) is 19.7 Å². The maximum atomic E-state index is 9.14. The quantitative estimate of drug-likeness (QED) is 0.371. The molecule has 0 rings (SSSR count). The number of aliphatic carboxylic acids is 3. The van der Waals surface area contributed by atoms with Crippen molar-refractivity contribution in [1.29, 1.82) is 0 Å². The first-order chi connectivity index (χ1) is 6.81. The minimum absolute atomic E-state index is 0. The van der Waals surface area contributed by atoms with Crippen LogP contribution in [0.15, 0.2) is 38.0 Å². The summed E-state index contributed by atoms with van der Waals surface area (Å²) in [5, 5.41) is 27.4. The second kappa shape index (κ2) is 18.6. The fourth-order valence-electron chi connectivity index (χ4n) is 0. The average Bonchev–Trinajstić information content (AvgIpc) is 2.19. The number of carboxylic acid groups (broad SMARTS) is 3. The molecule has 0 aromatic heterocycles. The molecule has 16 heavy (non-hydrogen) atoms. The van der Waals surface area contributed by atoms with Gasteiger partial charge in [-0.25, -0.2) is 0 Å². The van der Waals surface area contributed by atoms with Gasteiger partial charge in [-0.05, 0) is 18.2 Å². The molecule has 0 saturated heterocycles. The Hall–Kier alpha value is -2.15. The van der Waals surface area contributed by atoms with Crippen molar-refractivity contribution < 1.29 is 29.7 Å². The van der Waals surface area contributed by atoms with Gasteiger partial charge < -0.3 is 29.7 Å². The van der Waals surface area contributed by atoms with E-state index in [1.165, 1.54) is 0 Å². The molecule has 0 heterocycles. The van der Waals surface area contributed by atoms with Gasteiger partial charge in [-0.2, -0.15) is 0 Å². The molecule has 0 aliphatic rings. The Balaban J connectivity index is -0.0000000655. The van der Waals surface area contributed by atoms with Crippen molar-refractivity contribution in [2.45, 2.75) is 0 Å². The summed E-state index contributed by atoms with van der Waals surface area (Å²) in [6.07, 6.45) is 2.17. The van der Waals surface area contributed by atoms with Crippen molar-refractivity contribution in [2.75, 3.05) is 0 Å². The summed E-state index contributed by atoms with van der Waals surface area (Å²) in [6, 6.07) is 0. The smallest absolute Gasteiger partial charge is 0.545 e. The van der Waals surface area contributed by atoms with E-state index in [0.29, 0.717) is 0 Å². The zero-order valence-electron chi connectivity index (χ0n) is 8.30. The molecule has 6 nitrogen and oxygen atoms in total. The van der Waals surface area contributed by atoms with E-state index < -0.39 is 17.9 Å². The molecule has 0 aliphatic carbocycles. The maximum absolute atomic E-state index is 9.14. The molecule has 0 aromatic rings. The summed E-state index contributed by atoms with van der Waals surface area (Å²) >= 11 is 0. The first-order valence-corrected chi connectivity index (χ1v) is 3.32. The van der Waals surface area contributed by atoms with Crippen LogP contribution < -0.4 is 15.3 Å². The normalized spacial score (nSPS) is 6.00. The second-order valence-corrected chi connectivity index (χ2v) is 1.57. The minimum Gasteiger partial charge on any atom is -0.545 e. The Labute approximate surface area is 97.2 Å². The van der Waals surface area contributed by atoms with Gasteiger partial charge in [0.05, 0.1) is 17.9 Å². The number of hydrogen-bond acceptors (Lipinski definition) is 6. The average molecular weight is 241 g/mol. The molecule has 0 amide bonds. The minimum atomic E-state index is -1.23. The first kappa shape index (κ1) is 23.6. The molecule has 0 fully saturated rings. The van der Waals surface area contributed by atoms with E-state index in [-0.39, 0.29) is 11.0 Å². The molecule has 0 saturated carbocycles. The van der Waals surface area contributed by atoms with Crippen molar-refractivity contribution in [3.05, 3.63) is 38.0 Å². The topological polar surface area (TPSA) is 120 Å². The van der Waals surface area contributed by atoms with Crippen LogP contribution in [-0.2, 0) is 14.4 Å². The largest absolute Gasteiger partial charge is 3.00 e. The molecule has 0 spiro atoms. The van der Waals surface area contributed by atoms with Gasteiger partial charge in [0.25, 0.3) is 0 Å². The van der Waals surface area contributed by atoms with Crippen LogP contribution in [0.5, 0.6) is 0 Å². The SMILES string of the molecule is C=CC(=O)[O-].C=CC(=O)[O-].C=CC(=O)[O-].[Si+3]. The number of carbonyl (C=O) groups is 3. The molecule has 1 radical (unpaired) electrons. The van der Waals surface area contributed by atoms with Crippen LogP contribution in [0.4, 0.5) is 0 Å². The Morgan fingerprint density at radius 1 is 0.688 bits per heavy atom. The third-order valence-corrected chi connectivity index (χ3v) is 0.500. The third-order valence-electron chi connectivity index (χ3n) is 0.500. The third kappa shape index (κ3) is 94.2. The van der Waals surface area contributed by atoms with Crippen LogP contribution in [-0.4, -0.2) is 28.9 Å². The molecule has 0 atom stereocenters. The summed E-state index contributed by atoms with van der Waals surface area (Å²) in [5.41, 5.74) is 0. The fraction of sp³-hybridized carbons (Fsp3) is 0. The van der Waals surface area contributed by atoms with Crippen LogP contribution >= 0.6 is 0 Å². The van der Waals surface area contributed by atoms with E-state index in [4.69, 9.17) is 29.7 Å². The molecule has 0 aliphatic heterocycles. The van der Waals surface area contributed by atoms with E-state index in [9.17, 15) is 0 Å². The van der Waals surface area contributed by atoms with Gasteiger partial charge in [0.15, 0.2) is 0 Å². The summed E-state index contributed by atoms with van der Waals surface area (Å²) in [4.78, 5) is 27.4. The van der Waals surface area contributed by atoms with Gasteiger partial charge in [0.1, 0.15) is 0 Å². The zero-order valence-corrected chi connectivity index (χ0v) is 9.30. The molecule has 7 heteroatoms. The first-order valence-electron chi connectivity index (χ1n) is 3.32. The molecule has 0 bridgehead atoms.